The maximum absolute atomic E-state index is 13.2. The molecule has 0 bridgehead atoms. The number of rotatable bonds is 5. The molecule has 4 nitrogen and oxygen atoms in total. The predicted octanol–water partition coefficient (Wildman–Crippen LogP) is 4.21. The molecule has 1 aromatic heterocycles. The molecule has 3 aromatic rings. The fourth-order valence-corrected chi connectivity index (χ4v) is 2.96. The molecule has 1 heterocycles. The van der Waals surface area contributed by atoms with Crippen LogP contribution in [-0.2, 0) is 13.0 Å². The van der Waals surface area contributed by atoms with E-state index in [9.17, 15) is 4.39 Å². The smallest absolute Gasteiger partial charge is 0.191 e. The monoisotopic (exact) mass is 478 g/mol. The first-order chi connectivity index (χ1) is 12.7. The van der Waals surface area contributed by atoms with Crippen molar-refractivity contribution in [2.24, 2.45) is 4.99 Å². The fourth-order valence-electron chi connectivity index (χ4n) is 2.96. The summed E-state index contributed by atoms with van der Waals surface area (Å²) in [5, 5.41) is 7.76. The standard InChI is InChI=1S/C21H23FN4.HI/c1-15-13-19(22)9-8-16(15)10-12-25-21(23-2)26-14-18-6-3-5-17-7-4-11-24-20(17)18;/h3-9,11,13H,10,12,14H2,1-2H3,(H2,23,25,26);1H. The Kier molecular flexibility index (Phi) is 7.97. The number of hydrogen-bond donors (Lipinski definition) is 2. The van der Waals surface area contributed by atoms with Crippen molar-refractivity contribution < 1.29 is 4.39 Å². The molecule has 0 saturated carbocycles. The molecule has 27 heavy (non-hydrogen) atoms. The molecule has 2 N–H and O–H groups in total. The second-order valence-corrected chi connectivity index (χ2v) is 6.17. The Hall–Kier alpha value is -2.22. The van der Waals surface area contributed by atoms with E-state index in [4.69, 9.17) is 0 Å². The maximum atomic E-state index is 13.2. The maximum Gasteiger partial charge on any atom is 0.191 e. The zero-order valence-corrected chi connectivity index (χ0v) is 17.8. The third-order valence-electron chi connectivity index (χ3n) is 4.38. The number of aromatic nitrogens is 1. The number of aryl methyl sites for hydroxylation is 1. The van der Waals surface area contributed by atoms with Crippen molar-refractivity contribution in [3.63, 3.8) is 0 Å². The topological polar surface area (TPSA) is 49.3 Å². The van der Waals surface area contributed by atoms with Crippen molar-refractivity contribution >= 4 is 40.8 Å². The Balaban J connectivity index is 0.00000261. The summed E-state index contributed by atoms with van der Waals surface area (Å²) in [5.41, 5.74) is 4.23. The molecule has 3 rings (SSSR count). The number of hydrogen-bond acceptors (Lipinski definition) is 2. The lowest BCUT2D eigenvalue weighted by atomic mass is 10.1. The molecule has 0 spiro atoms. The number of nitrogens with one attached hydrogen (secondary N) is 2. The van der Waals surface area contributed by atoms with E-state index in [0.29, 0.717) is 6.54 Å². The van der Waals surface area contributed by atoms with Crippen molar-refractivity contribution in [2.45, 2.75) is 19.9 Å². The molecule has 0 aliphatic heterocycles. The highest BCUT2D eigenvalue weighted by Gasteiger charge is 2.04. The van der Waals surface area contributed by atoms with Crippen LogP contribution in [0.4, 0.5) is 4.39 Å². The van der Waals surface area contributed by atoms with Gasteiger partial charge in [0.25, 0.3) is 0 Å². The van der Waals surface area contributed by atoms with Gasteiger partial charge in [0.05, 0.1) is 5.52 Å². The minimum Gasteiger partial charge on any atom is -0.356 e. The van der Waals surface area contributed by atoms with Crippen molar-refractivity contribution in [1.29, 1.82) is 0 Å². The Labute approximate surface area is 176 Å². The first-order valence-electron chi connectivity index (χ1n) is 8.69. The van der Waals surface area contributed by atoms with Crippen LogP contribution in [0.5, 0.6) is 0 Å². The van der Waals surface area contributed by atoms with Gasteiger partial charge in [0.2, 0.25) is 0 Å². The van der Waals surface area contributed by atoms with Crippen LogP contribution in [0.2, 0.25) is 0 Å². The molecule has 6 heteroatoms. The fraction of sp³-hybridized carbons (Fsp3) is 0.238. The van der Waals surface area contributed by atoms with Gasteiger partial charge in [0.15, 0.2) is 5.96 Å². The number of benzene rings is 2. The first kappa shape index (κ1) is 21.1. The third kappa shape index (κ3) is 5.63. The van der Waals surface area contributed by atoms with Gasteiger partial charge in [-0.25, -0.2) is 4.39 Å². The quantitative estimate of drug-likeness (QED) is 0.328. The van der Waals surface area contributed by atoms with Crippen LogP contribution in [0.3, 0.4) is 0 Å². The number of para-hydroxylation sites is 1. The predicted molar refractivity (Wildman–Crippen MR) is 120 cm³/mol. The highest BCUT2D eigenvalue weighted by molar-refractivity contribution is 14.0. The van der Waals surface area contributed by atoms with E-state index in [1.165, 1.54) is 6.07 Å². The number of guanidine groups is 1. The minimum absolute atomic E-state index is 0. The van der Waals surface area contributed by atoms with Crippen LogP contribution >= 0.6 is 24.0 Å². The van der Waals surface area contributed by atoms with Gasteiger partial charge in [-0.15, -0.1) is 24.0 Å². The van der Waals surface area contributed by atoms with Gasteiger partial charge in [0.1, 0.15) is 5.82 Å². The van der Waals surface area contributed by atoms with Gasteiger partial charge in [-0.1, -0.05) is 30.3 Å². The number of aliphatic imine (C=N–C) groups is 1. The van der Waals surface area contributed by atoms with E-state index < -0.39 is 0 Å². The summed E-state index contributed by atoms with van der Waals surface area (Å²) in [5.74, 6) is 0.540. The SMILES string of the molecule is CN=C(NCCc1ccc(F)cc1C)NCc1cccc2cccnc12.I. The van der Waals surface area contributed by atoms with Crippen LogP contribution in [-0.4, -0.2) is 24.5 Å². The molecule has 142 valence electrons. The summed E-state index contributed by atoms with van der Waals surface area (Å²) < 4.78 is 13.2. The van der Waals surface area contributed by atoms with E-state index in [1.807, 2.05) is 31.3 Å². The molecule has 0 amide bonds. The molecule has 0 atom stereocenters. The average molecular weight is 478 g/mol. The molecular formula is C21H24FIN4. The molecular weight excluding hydrogens is 454 g/mol. The Morgan fingerprint density at radius 2 is 1.89 bits per heavy atom. The highest BCUT2D eigenvalue weighted by Crippen LogP contribution is 2.15. The largest absolute Gasteiger partial charge is 0.356 e. The van der Waals surface area contributed by atoms with Crippen molar-refractivity contribution in [2.75, 3.05) is 13.6 Å². The molecule has 0 aliphatic carbocycles. The zero-order chi connectivity index (χ0) is 18.4. The van der Waals surface area contributed by atoms with Gasteiger partial charge in [-0.2, -0.15) is 0 Å². The van der Waals surface area contributed by atoms with Crippen LogP contribution in [0.15, 0.2) is 59.7 Å². The Morgan fingerprint density at radius 3 is 2.67 bits per heavy atom. The van der Waals surface area contributed by atoms with Crippen LogP contribution in [0, 0.1) is 12.7 Å². The summed E-state index contributed by atoms with van der Waals surface area (Å²) in [4.78, 5) is 8.74. The number of fused-ring (bicyclic) bond motifs is 1. The summed E-state index contributed by atoms with van der Waals surface area (Å²) >= 11 is 0. The molecule has 0 aliphatic rings. The Bertz CT molecular complexity index is 922. The van der Waals surface area contributed by atoms with Gasteiger partial charge in [-0.05, 0) is 48.2 Å². The summed E-state index contributed by atoms with van der Waals surface area (Å²) in [6.45, 7) is 3.29. The third-order valence-corrected chi connectivity index (χ3v) is 4.38. The normalized spacial score (nSPS) is 11.1. The van der Waals surface area contributed by atoms with Crippen molar-refractivity contribution in [3.05, 3.63) is 77.2 Å². The summed E-state index contributed by atoms with van der Waals surface area (Å²) in [6.07, 6.45) is 2.62. The molecule has 0 unspecified atom stereocenters. The molecule has 0 saturated heterocycles. The second-order valence-electron chi connectivity index (χ2n) is 6.17. The summed E-state index contributed by atoms with van der Waals surface area (Å²) in [6, 6.07) is 15.1. The second kappa shape index (κ2) is 10.2. The average Bonchev–Trinajstić information content (AvgIpc) is 2.66. The number of pyridine rings is 1. The minimum atomic E-state index is -0.194. The highest BCUT2D eigenvalue weighted by atomic mass is 127. The molecule has 0 radical (unpaired) electrons. The van der Waals surface area contributed by atoms with Gasteiger partial charge in [-0.3, -0.25) is 9.98 Å². The van der Waals surface area contributed by atoms with E-state index in [-0.39, 0.29) is 29.8 Å². The molecule has 0 fully saturated rings. The van der Waals surface area contributed by atoms with Gasteiger partial charge in [0, 0.05) is 31.7 Å². The van der Waals surface area contributed by atoms with Crippen LogP contribution < -0.4 is 10.6 Å². The van der Waals surface area contributed by atoms with E-state index >= 15 is 0 Å². The van der Waals surface area contributed by atoms with E-state index in [0.717, 1.165) is 46.5 Å². The number of nitrogens with zero attached hydrogens (tertiary/aromatic N) is 2. The zero-order valence-electron chi connectivity index (χ0n) is 15.5. The van der Waals surface area contributed by atoms with E-state index in [1.54, 1.807) is 13.1 Å². The van der Waals surface area contributed by atoms with E-state index in [2.05, 4.69) is 38.8 Å². The van der Waals surface area contributed by atoms with Gasteiger partial charge < -0.3 is 10.6 Å². The lowest BCUT2D eigenvalue weighted by Gasteiger charge is -2.13. The lowest BCUT2D eigenvalue weighted by Crippen LogP contribution is -2.38. The van der Waals surface area contributed by atoms with Crippen molar-refractivity contribution in [3.8, 4) is 0 Å². The summed E-state index contributed by atoms with van der Waals surface area (Å²) in [7, 11) is 1.75. The first-order valence-corrected chi connectivity index (χ1v) is 8.69. The van der Waals surface area contributed by atoms with Crippen LogP contribution in [0.1, 0.15) is 16.7 Å². The van der Waals surface area contributed by atoms with Crippen LogP contribution in [0.25, 0.3) is 10.9 Å². The lowest BCUT2D eigenvalue weighted by molar-refractivity contribution is 0.625. The van der Waals surface area contributed by atoms with Crippen molar-refractivity contribution in [1.82, 2.24) is 15.6 Å². The van der Waals surface area contributed by atoms with Gasteiger partial charge >= 0.3 is 0 Å². The number of halogens is 2. The Morgan fingerprint density at radius 1 is 1.07 bits per heavy atom. The molecule has 2 aromatic carbocycles.